The normalized spacial score (nSPS) is 19.9. The Hall–Kier alpha value is -1.39. The van der Waals surface area contributed by atoms with Crippen LogP contribution in [0.4, 0.5) is 0 Å². The number of hydrogen-bond donors (Lipinski definition) is 2. The number of nitrogens with one attached hydrogen (secondary N) is 2. The molecule has 0 spiro atoms. The smallest absolute Gasteiger partial charge is 0.251 e. The molecule has 1 aliphatic rings. The lowest BCUT2D eigenvalue weighted by atomic mass is 10.1. The maximum Gasteiger partial charge on any atom is 0.251 e. The summed E-state index contributed by atoms with van der Waals surface area (Å²) in [5.41, 5.74) is 1.79. The van der Waals surface area contributed by atoms with E-state index in [9.17, 15) is 4.79 Å². The van der Waals surface area contributed by atoms with Gasteiger partial charge in [-0.15, -0.1) is 0 Å². The van der Waals surface area contributed by atoms with E-state index in [1.165, 1.54) is 0 Å². The molecule has 0 saturated carbocycles. The van der Waals surface area contributed by atoms with Gasteiger partial charge in [0.15, 0.2) is 0 Å². The van der Waals surface area contributed by atoms with Gasteiger partial charge in [0, 0.05) is 25.2 Å². The second-order valence-corrected chi connectivity index (χ2v) is 4.28. The standard InChI is InChI=1S/C13H18N2O2/c1-10-3-2-4-11(7-10)13(16)15-9-12-8-14-5-6-17-12/h2-4,7,12,14H,5-6,8-9H2,1H3,(H,15,16). The van der Waals surface area contributed by atoms with E-state index in [-0.39, 0.29) is 12.0 Å². The van der Waals surface area contributed by atoms with Crippen molar-refractivity contribution in [2.75, 3.05) is 26.2 Å². The monoisotopic (exact) mass is 234 g/mol. The van der Waals surface area contributed by atoms with Gasteiger partial charge in [-0.05, 0) is 19.1 Å². The molecule has 1 aromatic rings. The molecule has 1 heterocycles. The summed E-state index contributed by atoms with van der Waals surface area (Å²) in [7, 11) is 0. The van der Waals surface area contributed by atoms with Crippen LogP contribution in [0, 0.1) is 6.92 Å². The predicted molar refractivity (Wildman–Crippen MR) is 66.1 cm³/mol. The van der Waals surface area contributed by atoms with E-state index in [0.29, 0.717) is 18.7 Å². The third-order valence-electron chi connectivity index (χ3n) is 2.77. The second-order valence-electron chi connectivity index (χ2n) is 4.28. The van der Waals surface area contributed by atoms with Crippen LogP contribution in [-0.4, -0.2) is 38.3 Å². The van der Waals surface area contributed by atoms with Crippen LogP contribution in [-0.2, 0) is 4.74 Å². The number of hydrogen-bond acceptors (Lipinski definition) is 3. The summed E-state index contributed by atoms with van der Waals surface area (Å²) in [5, 5.41) is 6.12. The molecule has 0 bridgehead atoms. The van der Waals surface area contributed by atoms with Crippen molar-refractivity contribution in [2.24, 2.45) is 0 Å². The molecule has 17 heavy (non-hydrogen) atoms. The highest BCUT2D eigenvalue weighted by Gasteiger charge is 2.14. The Labute approximate surface area is 101 Å². The lowest BCUT2D eigenvalue weighted by Crippen LogP contribution is -2.45. The molecule has 1 saturated heterocycles. The first-order chi connectivity index (χ1) is 8.25. The summed E-state index contributed by atoms with van der Waals surface area (Å²) in [4.78, 5) is 11.9. The number of benzene rings is 1. The number of aryl methyl sites for hydroxylation is 1. The average molecular weight is 234 g/mol. The third-order valence-corrected chi connectivity index (χ3v) is 2.77. The predicted octanol–water partition coefficient (Wildman–Crippen LogP) is 0.713. The molecule has 1 amide bonds. The van der Waals surface area contributed by atoms with Crippen molar-refractivity contribution in [1.82, 2.24) is 10.6 Å². The van der Waals surface area contributed by atoms with Gasteiger partial charge in [0.25, 0.3) is 5.91 Å². The van der Waals surface area contributed by atoms with E-state index in [4.69, 9.17) is 4.74 Å². The lowest BCUT2D eigenvalue weighted by Gasteiger charge is -2.23. The number of morpholine rings is 1. The molecule has 0 aliphatic carbocycles. The number of carbonyl (C=O) groups is 1. The van der Waals surface area contributed by atoms with Gasteiger partial charge in [-0.2, -0.15) is 0 Å². The van der Waals surface area contributed by atoms with Crippen molar-refractivity contribution in [1.29, 1.82) is 0 Å². The van der Waals surface area contributed by atoms with Gasteiger partial charge in [-0.25, -0.2) is 0 Å². The molecule has 1 unspecified atom stereocenters. The largest absolute Gasteiger partial charge is 0.374 e. The number of carbonyl (C=O) groups excluding carboxylic acids is 1. The van der Waals surface area contributed by atoms with Gasteiger partial charge in [0.05, 0.1) is 12.7 Å². The van der Waals surface area contributed by atoms with E-state index in [1.54, 1.807) is 0 Å². The van der Waals surface area contributed by atoms with Gasteiger partial charge >= 0.3 is 0 Å². The van der Waals surface area contributed by atoms with Crippen molar-refractivity contribution in [3.05, 3.63) is 35.4 Å². The van der Waals surface area contributed by atoms with Crippen molar-refractivity contribution >= 4 is 5.91 Å². The Balaban J connectivity index is 1.84. The van der Waals surface area contributed by atoms with Crippen LogP contribution >= 0.6 is 0 Å². The van der Waals surface area contributed by atoms with Crippen LogP contribution in [0.25, 0.3) is 0 Å². The summed E-state index contributed by atoms with van der Waals surface area (Å²) in [6.45, 7) is 4.94. The fraction of sp³-hybridized carbons (Fsp3) is 0.462. The third kappa shape index (κ3) is 3.54. The fourth-order valence-corrected chi connectivity index (χ4v) is 1.85. The minimum absolute atomic E-state index is 0.0390. The van der Waals surface area contributed by atoms with Crippen LogP contribution < -0.4 is 10.6 Å². The van der Waals surface area contributed by atoms with E-state index in [0.717, 1.165) is 18.7 Å². The van der Waals surface area contributed by atoms with E-state index in [2.05, 4.69) is 10.6 Å². The Kier molecular flexibility index (Phi) is 4.12. The Bertz CT molecular complexity index is 387. The number of amides is 1. The van der Waals surface area contributed by atoms with E-state index >= 15 is 0 Å². The second kappa shape index (κ2) is 5.80. The van der Waals surface area contributed by atoms with Crippen LogP contribution in [0.15, 0.2) is 24.3 Å². The molecule has 4 nitrogen and oxygen atoms in total. The van der Waals surface area contributed by atoms with Gasteiger partial charge in [-0.1, -0.05) is 17.7 Å². The minimum Gasteiger partial charge on any atom is -0.374 e. The van der Waals surface area contributed by atoms with Crippen molar-refractivity contribution < 1.29 is 9.53 Å². The van der Waals surface area contributed by atoms with Crippen molar-refractivity contribution in [3.8, 4) is 0 Å². The summed E-state index contributed by atoms with van der Waals surface area (Å²) in [6, 6.07) is 7.57. The van der Waals surface area contributed by atoms with E-state index < -0.39 is 0 Å². The van der Waals surface area contributed by atoms with Crippen LogP contribution in [0.2, 0.25) is 0 Å². The summed E-state index contributed by atoms with van der Waals surface area (Å²) < 4.78 is 5.51. The van der Waals surface area contributed by atoms with Gasteiger partial charge in [0.1, 0.15) is 0 Å². The molecule has 1 atom stereocenters. The van der Waals surface area contributed by atoms with Gasteiger partial charge in [-0.3, -0.25) is 4.79 Å². The van der Waals surface area contributed by atoms with Crippen molar-refractivity contribution in [2.45, 2.75) is 13.0 Å². The Morgan fingerprint density at radius 1 is 1.59 bits per heavy atom. The Morgan fingerprint density at radius 3 is 3.18 bits per heavy atom. The molecule has 2 N–H and O–H groups in total. The molecule has 92 valence electrons. The zero-order valence-corrected chi connectivity index (χ0v) is 10.0. The average Bonchev–Trinajstić information content (AvgIpc) is 2.37. The highest BCUT2D eigenvalue weighted by Crippen LogP contribution is 2.04. The molecular weight excluding hydrogens is 216 g/mol. The molecular formula is C13H18N2O2. The molecule has 0 radical (unpaired) electrons. The summed E-state index contributed by atoms with van der Waals surface area (Å²) in [6.07, 6.45) is 0.0810. The van der Waals surface area contributed by atoms with Crippen LogP contribution in [0.3, 0.4) is 0 Å². The van der Waals surface area contributed by atoms with E-state index in [1.807, 2.05) is 31.2 Å². The maximum absolute atomic E-state index is 11.9. The van der Waals surface area contributed by atoms with Crippen molar-refractivity contribution in [3.63, 3.8) is 0 Å². The van der Waals surface area contributed by atoms with Crippen LogP contribution in [0.1, 0.15) is 15.9 Å². The lowest BCUT2D eigenvalue weighted by molar-refractivity contribution is 0.0287. The summed E-state index contributed by atoms with van der Waals surface area (Å²) in [5.74, 6) is -0.0390. The first-order valence-electron chi connectivity index (χ1n) is 5.93. The molecule has 1 fully saturated rings. The zero-order valence-electron chi connectivity index (χ0n) is 10.0. The number of ether oxygens (including phenoxy) is 1. The zero-order chi connectivity index (χ0) is 12.1. The first kappa shape index (κ1) is 12.1. The molecule has 4 heteroatoms. The quantitative estimate of drug-likeness (QED) is 0.810. The first-order valence-corrected chi connectivity index (χ1v) is 5.93. The molecule has 2 rings (SSSR count). The highest BCUT2D eigenvalue weighted by molar-refractivity contribution is 5.94. The number of rotatable bonds is 3. The molecule has 1 aromatic carbocycles. The highest BCUT2D eigenvalue weighted by atomic mass is 16.5. The topological polar surface area (TPSA) is 50.4 Å². The van der Waals surface area contributed by atoms with Gasteiger partial charge in [0.2, 0.25) is 0 Å². The SMILES string of the molecule is Cc1cccc(C(=O)NCC2CNCCO2)c1. The Morgan fingerprint density at radius 2 is 2.47 bits per heavy atom. The van der Waals surface area contributed by atoms with Crippen LogP contribution in [0.5, 0.6) is 0 Å². The molecule has 1 aliphatic heterocycles. The maximum atomic E-state index is 11.9. The summed E-state index contributed by atoms with van der Waals surface area (Å²) >= 11 is 0. The minimum atomic E-state index is -0.0390. The molecule has 0 aromatic heterocycles. The fourth-order valence-electron chi connectivity index (χ4n) is 1.85. The van der Waals surface area contributed by atoms with Gasteiger partial charge < -0.3 is 15.4 Å².